The number of aryl methyl sites for hydroxylation is 1. The average molecular weight is 294 g/mol. The molecule has 0 aliphatic carbocycles. The summed E-state index contributed by atoms with van der Waals surface area (Å²) < 4.78 is 0. The minimum absolute atomic E-state index is 0.361. The topological polar surface area (TPSA) is 12.0 Å². The molecule has 0 amide bonds. The van der Waals surface area contributed by atoms with Crippen LogP contribution in [0.15, 0.2) is 35.7 Å². The lowest BCUT2D eigenvalue weighted by atomic mass is 10.0. The highest BCUT2D eigenvalue weighted by Crippen LogP contribution is 2.27. The Labute approximate surface area is 124 Å². The van der Waals surface area contributed by atoms with Gasteiger partial charge in [-0.25, -0.2) is 0 Å². The van der Waals surface area contributed by atoms with E-state index < -0.39 is 0 Å². The van der Waals surface area contributed by atoms with Gasteiger partial charge in [-0.3, -0.25) is 0 Å². The molecule has 1 aromatic carbocycles. The van der Waals surface area contributed by atoms with E-state index in [1.807, 2.05) is 6.07 Å². The summed E-state index contributed by atoms with van der Waals surface area (Å²) in [6, 6.07) is 11.0. The first-order chi connectivity index (χ1) is 9.20. The number of hydrogen-bond acceptors (Lipinski definition) is 2. The van der Waals surface area contributed by atoms with Gasteiger partial charge in [-0.2, -0.15) is 0 Å². The Morgan fingerprint density at radius 3 is 2.79 bits per heavy atom. The molecule has 1 aromatic heterocycles. The zero-order chi connectivity index (χ0) is 13.7. The number of nitrogens with one attached hydrogen (secondary N) is 1. The van der Waals surface area contributed by atoms with Crippen LogP contribution in [0.3, 0.4) is 0 Å². The van der Waals surface area contributed by atoms with E-state index in [1.54, 1.807) is 11.3 Å². The molecular weight excluding hydrogens is 274 g/mol. The summed E-state index contributed by atoms with van der Waals surface area (Å²) in [4.78, 5) is 1.38. The Kier molecular flexibility index (Phi) is 5.44. The first kappa shape index (κ1) is 14.6. The third-order valence-corrected chi connectivity index (χ3v) is 4.50. The van der Waals surface area contributed by atoms with Gasteiger partial charge in [0, 0.05) is 15.9 Å². The highest BCUT2D eigenvalue weighted by atomic mass is 35.5. The molecule has 2 rings (SSSR count). The lowest BCUT2D eigenvalue weighted by Crippen LogP contribution is -2.23. The van der Waals surface area contributed by atoms with Gasteiger partial charge in [-0.1, -0.05) is 36.7 Å². The van der Waals surface area contributed by atoms with Crippen molar-refractivity contribution in [1.82, 2.24) is 5.32 Å². The maximum Gasteiger partial charge on any atom is 0.0456 e. The van der Waals surface area contributed by atoms with E-state index in [-0.39, 0.29) is 0 Å². The highest BCUT2D eigenvalue weighted by Gasteiger charge is 2.14. The van der Waals surface area contributed by atoms with Crippen molar-refractivity contribution in [2.45, 2.75) is 32.7 Å². The molecule has 0 radical (unpaired) electrons. The van der Waals surface area contributed by atoms with Crippen molar-refractivity contribution in [3.8, 4) is 0 Å². The maximum absolute atomic E-state index is 6.34. The van der Waals surface area contributed by atoms with Crippen LogP contribution < -0.4 is 5.32 Å². The van der Waals surface area contributed by atoms with Gasteiger partial charge in [0.25, 0.3) is 0 Å². The monoisotopic (exact) mass is 293 g/mol. The number of hydrogen-bond donors (Lipinski definition) is 1. The minimum Gasteiger partial charge on any atom is -0.309 e. The van der Waals surface area contributed by atoms with Crippen LogP contribution in [0.1, 0.15) is 35.4 Å². The van der Waals surface area contributed by atoms with E-state index in [4.69, 9.17) is 11.6 Å². The molecule has 0 fully saturated rings. The molecule has 3 heteroatoms. The Balaban J connectivity index is 2.15. The number of thiophene rings is 1. The number of benzene rings is 1. The number of halogens is 1. The second-order valence-electron chi connectivity index (χ2n) is 4.82. The first-order valence-corrected chi connectivity index (χ1v) is 7.98. The van der Waals surface area contributed by atoms with Gasteiger partial charge in [0.2, 0.25) is 0 Å². The zero-order valence-corrected chi connectivity index (χ0v) is 13.0. The van der Waals surface area contributed by atoms with E-state index in [2.05, 4.69) is 48.8 Å². The van der Waals surface area contributed by atoms with Crippen LogP contribution in [0.4, 0.5) is 0 Å². The lowest BCUT2D eigenvalue weighted by Gasteiger charge is -2.18. The molecule has 1 heterocycles. The predicted octanol–water partition coefficient (Wildman–Crippen LogP) is 4.99. The van der Waals surface area contributed by atoms with Gasteiger partial charge in [0.15, 0.2) is 0 Å². The minimum atomic E-state index is 0.361. The Morgan fingerprint density at radius 1 is 1.32 bits per heavy atom. The summed E-state index contributed by atoms with van der Waals surface area (Å²) in [6.45, 7) is 5.30. The molecule has 0 bridgehead atoms. The molecule has 1 N–H and O–H groups in total. The van der Waals surface area contributed by atoms with Gasteiger partial charge in [-0.15, -0.1) is 11.3 Å². The van der Waals surface area contributed by atoms with Crippen molar-refractivity contribution in [3.05, 3.63) is 56.7 Å². The molecule has 19 heavy (non-hydrogen) atoms. The quantitative estimate of drug-likeness (QED) is 0.791. The van der Waals surface area contributed by atoms with E-state index in [1.165, 1.54) is 16.0 Å². The molecule has 0 aliphatic heterocycles. The van der Waals surface area contributed by atoms with Gasteiger partial charge < -0.3 is 5.32 Å². The van der Waals surface area contributed by atoms with Crippen LogP contribution in [0, 0.1) is 6.92 Å². The normalized spacial score (nSPS) is 12.6. The second-order valence-corrected chi connectivity index (χ2v) is 6.21. The van der Waals surface area contributed by atoms with E-state index in [9.17, 15) is 0 Å². The van der Waals surface area contributed by atoms with Crippen molar-refractivity contribution >= 4 is 22.9 Å². The molecule has 2 aromatic rings. The molecule has 102 valence electrons. The Morgan fingerprint density at radius 2 is 2.16 bits per heavy atom. The van der Waals surface area contributed by atoms with Gasteiger partial charge in [-0.05, 0) is 54.9 Å². The number of rotatable bonds is 6. The predicted molar refractivity (Wildman–Crippen MR) is 85.2 cm³/mol. The van der Waals surface area contributed by atoms with Crippen LogP contribution in [0.2, 0.25) is 5.02 Å². The molecule has 1 atom stereocenters. The molecule has 1 nitrogen and oxygen atoms in total. The van der Waals surface area contributed by atoms with Crippen LogP contribution >= 0.6 is 22.9 Å². The average Bonchev–Trinajstić information content (AvgIpc) is 2.90. The summed E-state index contributed by atoms with van der Waals surface area (Å²) in [5.74, 6) is 0. The summed E-state index contributed by atoms with van der Waals surface area (Å²) in [7, 11) is 0. The van der Waals surface area contributed by atoms with E-state index in [0.29, 0.717) is 6.04 Å². The van der Waals surface area contributed by atoms with E-state index >= 15 is 0 Å². The fourth-order valence-electron chi connectivity index (χ4n) is 2.12. The third kappa shape index (κ3) is 4.07. The molecule has 0 saturated carbocycles. The standard InChI is InChI=1S/C16H20ClNS/c1-3-8-18-15(16-5-4-9-19-16)11-13-7-6-12(2)10-14(13)17/h4-7,9-10,15,18H,3,8,11H2,1-2H3. The van der Waals surface area contributed by atoms with Gasteiger partial charge in [0.05, 0.1) is 0 Å². The SMILES string of the molecule is CCCNC(Cc1ccc(C)cc1Cl)c1cccs1. The first-order valence-electron chi connectivity index (χ1n) is 6.72. The van der Waals surface area contributed by atoms with Crippen molar-refractivity contribution in [2.75, 3.05) is 6.54 Å². The Bertz CT molecular complexity index is 507. The van der Waals surface area contributed by atoms with E-state index in [0.717, 1.165) is 24.4 Å². The highest BCUT2D eigenvalue weighted by molar-refractivity contribution is 7.10. The molecule has 0 spiro atoms. The summed E-state index contributed by atoms with van der Waals surface area (Å²) in [5, 5.41) is 6.62. The van der Waals surface area contributed by atoms with Crippen LogP contribution in [-0.4, -0.2) is 6.54 Å². The summed E-state index contributed by atoms with van der Waals surface area (Å²) in [6.07, 6.45) is 2.09. The third-order valence-electron chi connectivity index (χ3n) is 3.16. The fourth-order valence-corrected chi connectivity index (χ4v) is 3.23. The van der Waals surface area contributed by atoms with Crippen molar-refractivity contribution < 1.29 is 0 Å². The van der Waals surface area contributed by atoms with Crippen LogP contribution in [-0.2, 0) is 6.42 Å². The van der Waals surface area contributed by atoms with Crippen LogP contribution in [0.25, 0.3) is 0 Å². The Hall–Kier alpha value is -0.830. The molecule has 0 saturated heterocycles. The second kappa shape index (κ2) is 7.09. The maximum atomic E-state index is 6.34. The largest absolute Gasteiger partial charge is 0.309 e. The fraction of sp³-hybridized carbons (Fsp3) is 0.375. The summed E-state index contributed by atoms with van der Waals surface area (Å²) >= 11 is 8.15. The van der Waals surface area contributed by atoms with Crippen molar-refractivity contribution in [3.63, 3.8) is 0 Å². The van der Waals surface area contributed by atoms with Gasteiger partial charge >= 0.3 is 0 Å². The molecule has 0 aliphatic rings. The van der Waals surface area contributed by atoms with Gasteiger partial charge in [0.1, 0.15) is 0 Å². The smallest absolute Gasteiger partial charge is 0.0456 e. The van der Waals surface area contributed by atoms with Crippen molar-refractivity contribution in [2.24, 2.45) is 0 Å². The molecular formula is C16H20ClNS. The van der Waals surface area contributed by atoms with Crippen LogP contribution in [0.5, 0.6) is 0 Å². The lowest BCUT2D eigenvalue weighted by molar-refractivity contribution is 0.536. The zero-order valence-electron chi connectivity index (χ0n) is 11.4. The van der Waals surface area contributed by atoms with Crippen molar-refractivity contribution in [1.29, 1.82) is 0 Å². The molecule has 1 unspecified atom stereocenters. The summed E-state index contributed by atoms with van der Waals surface area (Å²) in [5.41, 5.74) is 2.43.